The van der Waals surface area contributed by atoms with Crippen molar-refractivity contribution in [3.63, 3.8) is 0 Å². The first-order valence-corrected chi connectivity index (χ1v) is 8.25. The minimum absolute atomic E-state index is 0.172. The highest BCUT2D eigenvalue weighted by atomic mass is 16.5. The molecule has 0 spiro atoms. The Morgan fingerprint density at radius 1 is 1.12 bits per heavy atom. The Hall–Kier alpha value is -3.52. The van der Waals surface area contributed by atoms with Crippen molar-refractivity contribution in [3.05, 3.63) is 83.7 Å². The fourth-order valence-electron chi connectivity index (χ4n) is 2.80. The Morgan fingerprint density at radius 2 is 1.81 bits per heavy atom. The number of carbonyl (C=O) groups excluding carboxylic acids is 1. The minimum Gasteiger partial charge on any atom is -0.497 e. The van der Waals surface area contributed by atoms with Crippen LogP contribution in [-0.4, -0.2) is 17.6 Å². The lowest BCUT2D eigenvalue weighted by atomic mass is 10.1. The number of amides is 1. The first kappa shape index (κ1) is 17.3. The standard InChI is InChI=1S/C21H19N3O2/c1-15(16-6-4-3-5-7-16)23-21(25)20-17(14-22)12-13-24(20)18-8-10-19(26-2)11-9-18/h3-13,15H,1-2H3,(H,23,25)/t15-/m1/s1. The maximum absolute atomic E-state index is 12.9. The van der Waals surface area contributed by atoms with E-state index in [0.29, 0.717) is 11.3 Å². The second-order valence-corrected chi connectivity index (χ2v) is 5.86. The molecule has 1 aromatic heterocycles. The molecule has 0 saturated carbocycles. The van der Waals surface area contributed by atoms with Crippen molar-refractivity contribution in [1.82, 2.24) is 9.88 Å². The average molecular weight is 345 g/mol. The van der Waals surface area contributed by atoms with E-state index in [-0.39, 0.29) is 11.9 Å². The van der Waals surface area contributed by atoms with Crippen LogP contribution in [0.5, 0.6) is 5.75 Å². The van der Waals surface area contributed by atoms with E-state index in [1.54, 1.807) is 23.9 Å². The highest BCUT2D eigenvalue weighted by molar-refractivity contribution is 5.96. The van der Waals surface area contributed by atoms with E-state index in [2.05, 4.69) is 11.4 Å². The Kier molecular flexibility index (Phi) is 5.04. The highest BCUT2D eigenvalue weighted by Crippen LogP contribution is 2.21. The third kappa shape index (κ3) is 3.45. The van der Waals surface area contributed by atoms with Gasteiger partial charge in [0.25, 0.3) is 5.91 Å². The van der Waals surface area contributed by atoms with E-state index >= 15 is 0 Å². The van der Waals surface area contributed by atoms with Gasteiger partial charge < -0.3 is 14.6 Å². The van der Waals surface area contributed by atoms with Crippen molar-refractivity contribution < 1.29 is 9.53 Å². The van der Waals surface area contributed by atoms with Gasteiger partial charge in [0.1, 0.15) is 17.5 Å². The van der Waals surface area contributed by atoms with Crippen LogP contribution in [0.1, 0.15) is 34.6 Å². The number of nitrogens with one attached hydrogen (secondary N) is 1. The minimum atomic E-state index is -0.293. The number of aromatic nitrogens is 1. The van der Waals surface area contributed by atoms with E-state index in [4.69, 9.17) is 4.74 Å². The molecule has 0 aliphatic carbocycles. The molecule has 0 unspecified atom stereocenters. The Balaban J connectivity index is 1.92. The van der Waals surface area contributed by atoms with Crippen LogP contribution in [0.2, 0.25) is 0 Å². The summed E-state index contributed by atoms with van der Waals surface area (Å²) in [6.07, 6.45) is 1.72. The molecule has 3 rings (SSSR count). The summed E-state index contributed by atoms with van der Waals surface area (Å²) < 4.78 is 6.88. The zero-order chi connectivity index (χ0) is 18.5. The summed E-state index contributed by atoms with van der Waals surface area (Å²) >= 11 is 0. The number of ether oxygens (including phenoxy) is 1. The third-order valence-electron chi connectivity index (χ3n) is 4.22. The molecule has 26 heavy (non-hydrogen) atoms. The zero-order valence-corrected chi connectivity index (χ0v) is 14.6. The molecule has 0 saturated heterocycles. The SMILES string of the molecule is COc1ccc(-n2ccc(C#N)c2C(=O)N[C@H](C)c2ccccc2)cc1. The number of carbonyl (C=O) groups is 1. The van der Waals surface area contributed by atoms with Gasteiger partial charge in [-0.2, -0.15) is 5.26 Å². The van der Waals surface area contributed by atoms with Gasteiger partial charge in [-0.3, -0.25) is 4.79 Å². The fourth-order valence-corrected chi connectivity index (χ4v) is 2.80. The van der Waals surface area contributed by atoms with Gasteiger partial charge in [-0.05, 0) is 42.8 Å². The van der Waals surface area contributed by atoms with Crippen molar-refractivity contribution in [3.8, 4) is 17.5 Å². The number of nitriles is 1. The molecule has 0 fully saturated rings. The van der Waals surface area contributed by atoms with Crippen molar-refractivity contribution in [2.75, 3.05) is 7.11 Å². The Bertz CT molecular complexity index is 938. The molecule has 1 heterocycles. The van der Waals surface area contributed by atoms with Crippen LogP contribution < -0.4 is 10.1 Å². The third-order valence-corrected chi connectivity index (χ3v) is 4.22. The smallest absolute Gasteiger partial charge is 0.270 e. The summed E-state index contributed by atoms with van der Waals surface area (Å²) in [5.41, 5.74) is 2.44. The summed E-state index contributed by atoms with van der Waals surface area (Å²) in [6.45, 7) is 1.92. The lowest BCUT2D eigenvalue weighted by Gasteiger charge is -2.16. The second-order valence-electron chi connectivity index (χ2n) is 5.86. The molecule has 1 N–H and O–H groups in total. The van der Waals surface area contributed by atoms with Gasteiger partial charge in [-0.25, -0.2) is 0 Å². The summed E-state index contributed by atoms with van der Waals surface area (Å²) in [6, 6.07) is 20.6. The van der Waals surface area contributed by atoms with E-state index in [9.17, 15) is 10.1 Å². The largest absolute Gasteiger partial charge is 0.497 e. The summed E-state index contributed by atoms with van der Waals surface area (Å²) in [7, 11) is 1.60. The van der Waals surface area contributed by atoms with Crippen molar-refractivity contribution in [2.24, 2.45) is 0 Å². The monoisotopic (exact) mass is 345 g/mol. The topological polar surface area (TPSA) is 67.0 Å². The molecular weight excluding hydrogens is 326 g/mol. The van der Waals surface area contributed by atoms with Crippen molar-refractivity contribution >= 4 is 5.91 Å². The van der Waals surface area contributed by atoms with Crippen LogP contribution in [-0.2, 0) is 0 Å². The van der Waals surface area contributed by atoms with Crippen LogP contribution >= 0.6 is 0 Å². The van der Waals surface area contributed by atoms with Gasteiger partial charge in [0.2, 0.25) is 0 Å². The highest BCUT2D eigenvalue weighted by Gasteiger charge is 2.20. The molecule has 0 radical (unpaired) electrons. The summed E-state index contributed by atoms with van der Waals surface area (Å²) in [5.74, 6) is 0.434. The Labute approximate surface area is 152 Å². The number of hydrogen-bond donors (Lipinski definition) is 1. The molecule has 5 nitrogen and oxygen atoms in total. The molecule has 130 valence electrons. The second kappa shape index (κ2) is 7.58. The molecule has 0 aliphatic rings. The number of benzene rings is 2. The van der Waals surface area contributed by atoms with Gasteiger partial charge in [-0.1, -0.05) is 30.3 Å². The van der Waals surface area contributed by atoms with Crippen LogP contribution in [0.15, 0.2) is 66.9 Å². The first-order valence-electron chi connectivity index (χ1n) is 8.25. The zero-order valence-electron chi connectivity index (χ0n) is 14.6. The summed E-state index contributed by atoms with van der Waals surface area (Å²) in [4.78, 5) is 12.9. The van der Waals surface area contributed by atoms with E-state index in [0.717, 1.165) is 17.0 Å². The lowest BCUT2D eigenvalue weighted by Crippen LogP contribution is -2.29. The molecule has 1 atom stereocenters. The average Bonchev–Trinajstić information content (AvgIpc) is 3.13. The van der Waals surface area contributed by atoms with Crippen molar-refractivity contribution in [2.45, 2.75) is 13.0 Å². The predicted octanol–water partition coefficient (Wildman–Crippen LogP) is 3.85. The number of nitrogens with zero attached hydrogens (tertiary/aromatic N) is 2. The van der Waals surface area contributed by atoms with E-state index in [1.807, 2.05) is 61.5 Å². The predicted molar refractivity (Wildman–Crippen MR) is 99.4 cm³/mol. The van der Waals surface area contributed by atoms with E-state index < -0.39 is 0 Å². The quantitative estimate of drug-likeness (QED) is 0.764. The molecule has 3 aromatic rings. The normalized spacial score (nSPS) is 11.4. The van der Waals surface area contributed by atoms with Crippen LogP contribution in [0.4, 0.5) is 0 Å². The number of hydrogen-bond acceptors (Lipinski definition) is 3. The molecule has 2 aromatic carbocycles. The van der Waals surface area contributed by atoms with Crippen LogP contribution in [0.3, 0.4) is 0 Å². The van der Waals surface area contributed by atoms with Gasteiger partial charge in [0.15, 0.2) is 0 Å². The lowest BCUT2D eigenvalue weighted by molar-refractivity contribution is 0.0933. The summed E-state index contributed by atoms with van der Waals surface area (Å²) in [5, 5.41) is 12.4. The molecule has 0 bridgehead atoms. The molecular formula is C21H19N3O2. The molecule has 1 amide bonds. The number of methoxy groups -OCH3 is 1. The van der Waals surface area contributed by atoms with Gasteiger partial charge in [0, 0.05) is 11.9 Å². The van der Waals surface area contributed by atoms with Crippen molar-refractivity contribution in [1.29, 1.82) is 5.26 Å². The first-order chi connectivity index (χ1) is 12.6. The molecule has 0 aliphatic heterocycles. The van der Waals surface area contributed by atoms with Gasteiger partial charge >= 0.3 is 0 Å². The van der Waals surface area contributed by atoms with Gasteiger partial charge in [-0.15, -0.1) is 0 Å². The maximum atomic E-state index is 12.9. The van der Waals surface area contributed by atoms with Gasteiger partial charge in [0.05, 0.1) is 18.7 Å². The molecule has 5 heteroatoms. The van der Waals surface area contributed by atoms with E-state index in [1.165, 1.54) is 0 Å². The number of rotatable bonds is 5. The Morgan fingerprint density at radius 3 is 2.42 bits per heavy atom. The maximum Gasteiger partial charge on any atom is 0.270 e. The van der Waals surface area contributed by atoms with Crippen LogP contribution in [0.25, 0.3) is 5.69 Å². The fraction of sp³-hybridized carbons (Fsp3) is 0.143. The van der Waals surface area contributed by atoms with Crippen LogP contribution in [0, 0.1) is 11.3 Å².